The molecule has 2 heterocycles. The molecule has 0 aliphatic rings. The molecule has 0 aliphatic carbocycles. The molecule has 0 fully saturated rings. The zero-order valence-corrected chi connectivity index (χ0v) is 12.5. The van der Waals surface area contributed by atoms with Gasteiger partial charge in [-0.05, 0) is 19.1 Å². The number of rotatable bonds is 3. The van der Waals surface area contributed by atoms with Crippen LogP contribution in [0.1, 0.15) is 5.76 Å². The Morgan fingerprint density at radius 3 is 2.41 bits per heavy atom. The summed E-state index contributed by atoms with van der Waals surface area (Å²) in [4.78, 5) is 4.14. The highest BCUT2D eigenvalue weighted by Gasteiger charge is 2.18. The summed E-state index contributed by atoms with van der Waals surface area (Å²) in [6.07, 6.45) is 1.23. The molecular formula is C15H13N3O3S. The molecule has 0 amide bonds. The fourth-order valence-corrected chi connectivity index (χ4v) is 2.62. The minimum atomic E-state index is -3.76. The molecule has 0 saturated carbocycles. The van der Waals surface area contributed by atoms with Crippen molar-refractivity contribution in [3.8, 4) is 22.5 Å². The molecule has 0 spiro atoms. The highest BCUT2D eigenvalue weighted by molar-refractivity contribution is 7.89. The summed E-state index contributed by atoms with van der Waals surface area (Å²) in [5, 5.41) is 9.15. The van der Waals surface area contributed by atoms with Crippen LogP contribution in [0.25, 0.3) is 22.5 Å². The number of primary sulfonamides is 1. The third-order valence-electron chi connectivity index (χ3n) is 3.23. The summed E-state index contributed by atoms with van der Waals surface area (Å²) in [5.74, 6) is 0.606. The molecule has 0 radical (unpaired) electrons. The van der Waals surface area contributed by atoms with E-state index in [4.69, 9.17) is 9.66 Å². The van der Waals surface area contributed by atoms with Crippen LogP contribution in [0.4, 0.5) is 0 Å². The maximum atomic E-state index is 11.3. The predicted molar refractivity (Wildman–Crippen MR) is 81.3 cm³/mol. The predicted octanol–water partition coefficient (Wildman–Crippen LogP) is 2.36. The van der Waals surface area contributed by atoms with Gasteiger partial charge in [0.25, 0.3) is 0 Å². The SMILES string of the molecule is Cc1onc(-c2ccccc2)c1-c1ccc(S(N)(=O)=O)cn1. The van der Waals surface area contributed by atoms with E-state index in [1.807, 2.05) is 30.3 Å². The van der Waals surface area contributed by atoms with Crippen LogP contribution in [0.5, 0.6) is 0 Å². The molecule has 0 bridgehead atoms. The quantitative estimate of drug-likeness (QED) is 0.800. The summed E-state index contributed by atoms with van der Waals surface area (Å²) in [6.45, 7) is 1.78. The standard InChI is InChI=1S/C15H13N3O3S/c1-10-14(13-8-7-12(9-17-13)22(16,19)20)15(18-21-10)11-5-3-2-4-6-11/h2-9H,1H3,(H2,16,19,20). The third kappa shape index (κ3) is 2.63. The van der Waals surface area contributed by atoms with Crippen LogP contribution in [0.15, 0.2) is 58.1 Å². The van der Waals surface area contributed by atoms with E-state index in [2.05, 4.69) is 10.1 Å². The Kier molecular flexibility index (Phi) is 3.51. The van der Waals surface area contributed by atoms with Gasteiger partial charge in [0.15, 0.2) is 0 Å². The van der Waals surface area contributed by atoms with Crippen LogP contribution in [0.3, 0.4) is 0 Å². The summed E-state index contributed by atoms with van der Waals surface area (Å²) in [6, 6.07) is 12.6. The number of sulfonamides is 1. The first kappa shape index (κ1) is 14.4. The van der Waals surface area contributed by atoms with Gasteiger partial charge in [0.05, 0.1) is 11.3 Å². The van der Waals surface area contributed by atoms with E-state index in [-0.39, 0.29) is 4.90 Å². The molecule has 2 N–H and O–H groups in total. The van der Waals surface area contributed by atoms with E-state index >= 15 is 0 Å². The Bertz CT molecular complexity index is 901. The smallest absolute Gasteiger partial charge is 0.239 e. The van der Waals surface area contributed by atoms with Gasteiger partial charge >= 0.3 is 0 Å². The Morgan fingerprint density at radius 1 is 1.09 bits per heavy atom. The number of benzene rings is 1. The Morgan fingerprint density at radius 2 is 1.82 bits per heavy atom. The first-order valence-corrected chi connectivity index (χ1v) is 8.02. The number of nitrogens with zero attached hydrogens (tertiary/aromatic N) is 2. The van der Waals surface area contributed by atoms with E-state index in [0.717, 1.165) is 11.1 Å². The van der Waals surface area contributed by atoms with E-state index < -0.39 is 10.0 Å². The van der Waals surface area contributed by atoms with Crippen molar-refractivity contribution < 1.29 is 12.9 Å². The van der Waals surface area contributed by atoms with Gasteiger partial charge in [-0.3, -0.25) is 4.98 Å². The fraction of sp³-hybridized carbons (Fsp3) is 0.0667. The van der Waals surface area contributed by atoms with Crippen LogP contribution in [-0.2, 0) is 10.0 Å². The fourth-order valence-electron chi connectivity index (χ4n) is 2.16. The molecule has 0 saturated heterocycles. The average Bonchev–Trinajstić information content (AvgIpc) is 2.89. The molecular weight excluding hydrogens is 302 g/mol. The van der Waals surface area contributed by atoms with Crippen LogP contribution in [0.2, 0.25) is 0 Å². The number of hydrogen-bond acceptors (Lipinski definition) is 5. The van der Waals surface area contributed by atoms with Crippen LogP contribution in [0, 0.1) is 6.92 Å². The topological polar surface area (TPSA) is 99.1 Å². The summed E-state index contributed by atoms with van der Waals surface area (Å²) in [5.41, 5.74) is 2.86. The third-order valence-corrected chi connectivity index (χ3v) is 4.13. The summed E-state index contributed by atoms with van der Waals surface area (Å²) < 4.78 is 27.9. The first-order valence-electron chi connectivity index (χ1n) is 6.48. The second-order valence-corrected chi connectivity index (χ2v) is 6.31. The van der Waals surface area contributed by atoms with Gasteiger partial charge in [-0.15, -0.1) is 0 Å². The van der Waals surface area contributed by atoms with E-state index in [0.29, 0.717) is 17.1 Å². The number of hydrogen-bond donors (Lipinski definition) is 1. The lowest BCUT2D eigenvalue weighted by Crippen LogP contribution is -2.12. The molecule has 3 aromatic rings. The van der Waals surface area contributed by atoms with E-state index in [1.165, 1.54) is 12.3 Å². The number of aromatic nitrogens is 2. The van der Waals surface area contributed by atoms with Gasteiger partial charge in [-0.25, -0.2) is 13.6 Å². The molecule has 22 heavy (non-hydrogen) atoms. The van der Waals surface area contributed by atoms with Gasteiger partial charge in [0, 0.05) is 11.8 Å². The van der Waals surface area contributed by atoms with Crippen molar-refractivity contribution in [3.05, 3.63) is 54.4 Å². The molecule has 1 aromatic carbocycles. The number of pyridine rings is 1. The van der Waals surface area contributed by atoms with Gasteiger partial charge < -0.3 is 4.52 Å². The highest BCUT2D eigenvalue weighted by atomic mass is 32.2. The molecule has 0 atom stereocenters. The molecule has 2 aromatic heterocycles. The maximum absolute atomic E-state index is 11.3. The van der Waals surface area contributed by atoms with Crippen molar-refractivity contribution in [2.45, 2.75) is 11.8 Å². The number of nitrogens with two attached hydrogens (primary N) is 1. The monoisotopic (exact) mass is 315 g/mol. The lowest BCUT2D eigenvalue weighted by Gasteiger charge is -2.03. The van der Waals surface area contributed by atoms with Crippen molar-refractivity contribution in [1.29, 1.82) is 0 Å². The zero-order valence-electron chi connectivity index (χ0n) is 11.7. The second-order valence-electron chi connectivity index (χ2n) is 4.75. The maximum Gasteiger partial charge on any atom is 0.239 e. The largest absolute Gasteiger partial charge is 0.360 e. The van der Waals surface area contributed by atoms with E-state index in [9.17, 15) is 8.42 Å². The Labute approximate surface area is 127 Å². The molecule has 7 heteroatoms. The van der Waals surface area contributed by atoms with Gasteiger partial charge in [0.1, 0.15) is 16.3 Å². The second kappa shape index (κ2) is 5.36. The highest BCUT2D eigenvalue weighted by Crippen LogP contribution is 2.33. The van der Waals surface area contributed by atoms with Crippen LogP contribution >= 0.6 is 0 Å². The van der Waals surface area contributed by atoms with Crippen molar-refractivity contribution >= 4 is 10.0 Å². The molecule has 3 rings (SSSR count). The Balaban J connectivity index is 2.12. The van der Waals surface area contributed by atoms with Crippen molar-refractivity contribution in [2.75, 3.05) is 0 Å². The first-order chi connectivity index (χ1) is 10.5. The molecule has 0 unspecified atom stereocenters. The number of aryl methyl sites for hydroxylation is 1. The zero-order chi connectivity index (χ0) is 15.7. The van der Waals surface area contributed by atoms with Crippen molar-refractivity contribution in [1.82, 2.24) is 10.1 Å². The van der Waals surface area contributed by atoms with Gasteiger partial charge in [-0.1, -0.05) is 35.5 Å². The summed E-state index contributed by atoms with van der Waals surface area (Å²) >= 11 is 0. The van der Waals surface area contributed by atoms with Crippen LogP contribution in [-0.4, -0.2) is 18.6 Å². The van der Waals surface area contributed by atoms with Crippen molar-refractivity contribution in [3.63, 3.8) is 0 Å². The summed E-state index contributed by atoms with van der Waals surface area (Å²) in [7, 11) is -3.76. The minimum absolute atomic E-state index is 0.0355. The Hall–Kier alpha value is -2.51. The lowest BCUT2D eigenvalue weighted by atomic mass is 10.0. The van der Waals surface area contributed by atoms with Crippen LogP contribution < -0.4 is 5.14 Å². The molecule has 0 aliphatic heterocycles. The van der Waals surface area contributed by atoms with Gasteiger partial charge in [-0.2, -0.15) is 0 Å². The van der Waals surface area contributed by atoms with Gasteiger partial charge in [0.2, 0.25) is 10.0 Å². The normalized spacial score (nSPS) is 11.5. The van der Waals surface area contributed by atoms with E-state index in [1.54, 1.807) is 13.0 Å². The van der Waals surface area contributed by atoms with Crippen molar-refractivity contribution in [2.24, 2.45) is 5.14 Å². The molecule has 112 valence electrons. The molecule has 6 nitrogen and oxygen atoms in total. The lowest BCUT2D eigenvalue weighted by molar-refractivity contribution is 0.400. The average molecular weight is 315 g/mol. The minimum Gasteiger partial charge on any atom is -0.360 e.